The van der Waals surface area contributed by atoms with Gasteiger partial charge in [-0.25, -0.2) is 0 Å². The summed E-state index contributed by atoms with van der Waals surface area (Å²) in [5, 5.41) is 0. The first kappa shape index (κ1) is 12.1. The molecule has 0 saturated carbocycles. The van der Waals surface area contributed by atoms with Crippen molar-refractivity contribution in [2.45, 2.75) is 65.5 Å². The van der Waals surface area contributed by atoms with E-state index >= 15 is 0 Å². The van der Waals surface area contributed by atoms with Gasteiger partial charge >= 0.3 is 7.12 Å². The maximum atomic E-state index is 5.96. The summed E-state index contributed by atoms with van der Waals surface area (Å²) >= 11 is 0. The minimum Gasteiger partial charge on any atom is -0.403 e. The molecule has 1 aliphatic rings. The molecule has 0 unspecified atom stereocenters. The van der Waals surface area contributed by atoms with Crippen molar-refractivity contribution in [1.82, 2.24) is 0 Å². The van der Waals surface area contributed by atoms with Crippen molar-refractivity contribution in [3.63, 3.8) is 0 Å². The van der Waals surface area contributed by atoms with Crippen LogP contribution < -0.4 is 0 Å². The van der Waals surface area contributed by atoms with E-state index in [4.69, 9.17) is 9.31 Å². The Bertz CT molecular complexity index is 195. The number of hydrogen-bond acceptors (Lipinski definition) is 2. The van der Waals surface area contributed by atoms with Crippen LogP contribution in [0.2, 0.25) is 5.82 Å². The van der Waals surface area contributed by atoms with Crippen molar-refractivity contribution in [2.75, 3.05) is 0 Å². The van der Waals surface area contributed by atoms with Crippen LogP contribution in [0.15, 0.2) is 0 Å². The third-order valence-electron chi connectivity index (χ3n) is 3.75. The number of hydrogen-bond donors (Lipinski definition) is 0. The third kappa shape index (κ3) is 1.99. The van der Waals surface area contributed by atoms with Gasteiger partial charge in [-0.2, -0.15) is 0 Å². The van der Waals surface area contributed by atoms with E-state index in [1.54, 1.807) is 0 Å². The standard InChI is InChI=1S/C11H23BO2/c1-8(2)9(3)12-13-10(4,5)11(6,7)14-12/h8-9H,1-7H3/t9-/m1/s1. The molecule has 1 rings (SSSR count). The fraction of sp³-hybridized carbons (Fsp3) is 1.00. The van der Waals surface area contributed by atoms with E-state index in [-0.39, 0.29) is 18.3 Å². The van der Waals surface area contributed by atoms with E-state index in [1.807, 2.05) is 0 Å². The maximum absolute atomic E-state index is 5.96. The van der Waals surface area contributed by atoms with E-state index in [2.05, 4.69) is 48.5 Å². The molecular weight excluding hydrogens is 175 g/mol. The summed E-state index contributed by atoms with van der Waals surface area (Å²) in [6.07, 6.45) is 0. The van der Waals surface area contributed by atoms with Crippen LogP contribution in [0.5, 0.6) is 0 Å². The van der Waals surface area contributed by atoms with Gasteiger partial charge in [0.25, 0.3) is 0 Å². The smallest absolute Gasteiger partial charge is 0.403 e. The Balaban J connectivity index is 2.73. The molecule has 1 aliphatic heterocycles. The summed E-state index contributed by atoms with van der Waals surface area (Å²) in [4.78, 5) is 0. The predicted molar refractivity (Wildman–Crippen MR) is 60.3 cm³/mol. The van der Waals surface area contributed by atoms with Crippen LogP contribution in [0, 0.1) is 5.92 Å². The molecule has 0 radical (unpaired) electrons. The van der Waals surface area contributed by atoms with Gasteiger partial charge in [-0.15, -0.1) is 0 Å². The molecule has 1 heterocycles. The van der Waals surface area contributed by atoms with Gasteiger partial charge in [-0.3, -0.25) is 0 Å². The molecule has 0 amide bonds. The Hall–Kier alpha value is -0.0151. The second-order valence-corrected chi connectivity index (χ2v) is 5.73. The highest BCUT2D eigenvalue weighted by molar-refractivity contribution is 6.47. The van der Waals surface area contributed by atoms with Crippen LogP contribution in [0.4, 0.5) is 0 Å². The highest BCUT2D eigenvalue weighted by Crippen LogP contribution is 2.41. The topological polar surface area (TPSA) is 18.5 Å². The average Bonchev–Trinajstić information content (AvgIpc) is 2.20. The van der Waals surface area contributed by atoms with Gasteiger partial charge in [-0.05, 0) is 39.4 Å². The van der Waals surface area contributed by atoms with Gasteiger partial charge in [0, 0.05) is 0 Å². The Labute approximate surface area is 88.5 Å². The Kier molecular flexibility index (Phi) is 3.04. The Morgan fingerprint density at radius 1 is 0.857 bits per heavy atom. The van der Waals surface area contributed by atoms with Crippen LogP contribution in [0.1, 0.15) is 48.5 Å². The zero-order chi connectivity index (χ0) is 11.1. The molecule has 3 heteroatoms. The van der Waals surface area contributed by atoms with Crippen molar-refractivity contribution in [2.24, 2.45) is 5.92 Å². The quantitative estimate of drug-likeness (QED) is 0.634. The van der Waals surface area contributed by atoms with E-state index < -0.39 is 0 Å². The first-order chi connectivity index (χ1) is 6.17. The van der Waals surface area contributed by atoms with Crippen LogP contribution in [-0.4, -0.2) is 18.3 Å². The van der Waals surface area contributed by atoms with Gasteiger partial charge in [0.2, 0.25) is 0 Å². The van der Waals surface area contributed by atoms with Crippen LogP contribution in [0.3, 0.4) is 0 Å². The summed E-state index contributed by atoms with van der Waals surface area (Å²) in [5.41, 5.74) is -0.387. The molecule has 0 bridgehead atoms. The fourth-order valence-corrected chi connectivity index (χ4v) is 1.42. The molecule has 82 valence electrons. The zero-order valence-corrected chi connectivity index (χ0v) is 10.5. The molecule has 0 aliphatic carbocycles. The second kappa shape index (κ2) is 3.53. The molecule has 0 spiro atoms. The third-order valence-corrected chi connectivity index (χ3v) is 3.75. The minimum absolute atomic E-state index is 0.0556. The molecular formula is C11H23BO2. The van der Waals surface area contributed by atoms with Crippen LogP contribution >= 0.6 is 0 Å². The summed E-state index contributed by atoms with van der Waals surface area (Å²) < 4.78 is 11.9. The summed E-state index contributed by atoms with van der Waals surface area (Å²) in [7, 11) is -0.0556. The van der Waals surface area contributed by atoms with Crippen molar-refractivity contribution in [3.8, 4) is 0 Å². The molecule has 2 nitrogen and oxygen atoms in total. The lowest BCUT2D eigenvalue weighted by atomic mass is 9.67. The van der Waals surface area contributed by atoms with E-state index in [9.17, 15) is 0 Å². The second-order valence-electron chi connectivity index (χ2n) is 5.73. The molecule has 1 fully saturated rings. The number of rotatable bonds is 2. The van der Waals surface area contributed by atoms with Gasteiger partial charge in [0.15, 0.2) is 0 Å². The molecule has 0 aromatic rings. The molecule has 0 aromatic carbocycles. The van der Waals surface area contributed by atoms with Crippen molar-refractivity contribution >= 4 is 7.12 Å². The SMILES string of the molecule is CC(C)[C@@H](C)B1OC(C)(C)C(C)(C)O1. The summed E-state index contributed by atoms with van der Waals surface area (Å²) in [6.45, 7) is 15.0. The fourth-order valence-electron chi connectivity index (χ4n) is 1.42. The van der Waals surface area contributed by atoms with Crippen LogP contribution in [-0.2, 0) is 9.31 Å². The zero-order valence-electron chi connectivity index (χ0n) is 10.5. The van der Waals surface area contributed by atoms with E-state index in [1.165, 1.54) is 0 Å². The minimum atomic E-state index is -0.194. The largest absolute Gasteiger partial charge is 0.461 e. The molecule has 14 heavy (non-hydrogen) atoms. The lowest BCUT2D eigenvalue weighted by molar-refractivity contribution is 0.00578. The highest BCUT2D eigenvalue weighted by Gasteiger charge is 2.53. The Morgan fingerprint density at radius 3 is 1.50 bits per heavy atom. The van der Waals surface area contributed by atoms with Crippen LogP contribution in [0.25, 0.3) is 0 Å². The highest BCUT2D eigenvalue weighted by atomic mass is 16.7. The first-order valence-electron chi connectivity index (χ1n) is 5.53. The lowest BCUT2D eigenvalue weighted by Crippen LogP contribution is -2.41. The summed E-state index contributed by atoms with van der Waals surface area (Å²) in [6, 6.07) is 0. The van der Waals surface area contributed by atoms with Crippen molar-refractivity contribution in [3.05, 3.63) is 0 Å². The van der Waals surface area contributed by atoms with Gasteiger partial charge < -0.3 is 9.31 Å². The molecule has 0 N–H and O–H groups in total. The van der Waals surface area contributed by atoms with Gasteiger partial charge in [0.1, 0.15) is 0 Å². The van der Waals surface area contributed by atoms with Crippen molar-refractivity contribution < 1.29 is 9.31 Å². The average molecular weight is 198 g/mol. The van der Waals surface area contributed by atoms with Gasteiger partial charge in [0.05, 0.1) is 11.2 Å². The van der Waals surface area contributed by atoms with E-state index in [0.29, 0.717) is 11.7 Å². The maximum Gasteiger partial charge on any atom is 0.461 e. The molecule has 0 aromatic heterocycles. The first-order valence-corrected chi connectivity index (χ1v) is 5.53. The monoisotopic (exact) mass is 198 g/mol. The Morgan fingerprint density at radius 2 is 1.21 bits per heavy atom. The van der Waals surface area contributed by atoms with Crippen molar-refractivity contribution in [1.29, 1.82) is 0 Å². The van der Waals surface area contributed by atoms with E-state index in [0.717, 1.165) is 0 Å². The van der Waals surface area contributed by atoms with Gasteiger partial charge in [-0.1, -0.05) is 20.8 Å². The predicted octanol–water partition coefficient (Wildman–Crippen LogP) is 3.12. The molecule has 1 atom stereocenters. The molecule has 1 saturated heterocycles. The normalized spacial score (nSPS) is 27.0. The summed E-state index contributed by atoms with van der Waals surface area (Å²) in [5.74, 6) is 1.03. The lowest BCUT2D eigenvalue weighted by Gasteiger charge is -2.32.